The van der Waals surface area contributed by atoms with E-state index in [1.165, 1.54) is 20.3 Å². The van der Waals surface area contributed by atoms with Crippen molar-refractivity contribution in [3.63, 3.8) is 0 Å². The van der Waals surface area contributed by atoms with Gasteiger partial charge in [-0.25, -0.2) is 4.79 Å². The molecular formula is C10H11ClO4. The SMILES string of the molecule is COc1cc(C(=O)O)c(Cl)c(OC)c1C. The van der Waals surface area contributed by atoms with E-state index < -0.39 is 5.97 Å². The van der Waals surface area contributed by atoms with E-state index in [0.29, 0.717) is 17.1 Å². The fraction of sp³-hybridized carbons (Fsp3) is 0.300. The summed E-state index contributed by atoms with van der Waals surface area (Å²) in [6, 6.07) is 1.38. The summed E-state index contributed by atoms with van der Waals surface area (Å²) in [7, 11) is 2.89. The highest BCUT2D eigenvalue weighted by Crippen LogP contribution is 2.37. The van der Waals surface area contributed by atoms with Crippen LogP contribution in [0.4, 0.5) is 0 Å². The molecule has 0 aromatic heterocycles. The first-order valence-corrected chi connectivity index (χ1v) is 4.55. The van der Waals surface area contributed by atoms with Crippen LogP contribution in [0.2, 0.25) is 5.02 Å². The zero-order valence-electron chi connectivity index (χ0n) is 8.63. The fourth-order valence-corrected chi connectivity index (χ4v) is 1.67. The van der Waals surface area contributed by atoms with E-state index in [4.69, 9.17) is 26.2 Å². The molecule has 1 aromatic rings. The zero-order chi connectivity index (χ0) is 11.6. The Morgan fingerprint density at radius 2 is 2.00 bits per heavy atom. The van der Waals surface area contributed by atoms with Crippen LogP contribution in [-0.4, -0.2) is 25.3 Å². The molecule has 5 heteroatoms. The monoisotopic (exact) mass is 230 g/mol. The molecule has 1 rings (SSSR count). The van der Waals surface area contributed by atoms with Crippen LogP contribution in [0.1, 0.15) is 15.9 Å². The Balaban J connectivity index is 3.51. The van der Waals surface area contributed by atoms with E-state index in [1.54, 1.807) is 6.92 Å². The van der Waals surface area contributed by atoms with Gasteiger partial charge in [0.1, 0.15) is 11.5 Å². The number of ether oxygens (including phenoxy) is 2. The van der Waals surface area contributed by atoms with Crippen molar-refractivity contribution < 1.29 is 19.4 Å². The first kappa shape index (κ1) is 11.7. The minimum absolute atomic E-state index is 0.0315. The summed E-state index contributed by atoms with van der Waals surface area (Å²) in [4.78, 5) is 10.9. The van der Waals surface area contributed by atoms with Gasteiger partial charge in [-0.15, -0.1) is 0 Å². The Labute approximate surface area is 92.4 Å². The lowest BCUT2D eigenvalue weighted by atomic mass is 10.1. The Hall–Kier alpha value is -1.42. The summed E-state index contributed by atoms with van der Waals surface area (Å²) < 4.78 is 10.1. The van der Waals surface area contributed by atoms with Gasteiger partial charge in [0, 0.05) is 5.56 Å². The van der Waals surface area contributed by atoms with Crippen LogP contribution < -0.4 is 9.47 Å². The summed E-state index contributed by atoms with van der Waals surface area (Å²) >= 11 is 5.88. The van der Waals surface area contributed by atoms with Gasteiger partial charge >= 0.3 is 5.97 Å². The molecule has 0 saturated heterocycles. The van der Waals surface area contributed by atoms with Gasteiger partial charge in [-0.2, -0.15) is 0 Å². The maximum absolute atomic E-state index is 10.9. The normalized spacial score (nSPS) is 9.87. The van der Waals surface area contributed by atoms with Crippen molar-refractivity contribution in [3.05, 3.63) is 22.2 Å². The third-order valence-electron chi connectivity index (χ3n) is 2.08. The standard InChI is InChI=1S/C10H11ClO4/c1-5-7(14-2)4-6(10(12)13)8(11)9(5)15-3/h4H,1-3H3,(H,12,13). The summed E-state index contributed by atoms with van der Waals surface area (Å²) in [5.41, 5.74) is 0.644. The lowest BCUT2D eigenvalue weighted by Gasteiger charge is -2.13. The number of hydrogen-bond acceptors (Lipinski definition) is 3. The van der Waals surface area contributed by atoms with Crippen LogP contribution in [-0.2, 0) is 0 Å². The summed E-state index contributed by atoms with van der Waals surface area (Å²) in [5, 5.41) is 8.99. The topological polar surface area (TPSA) is 55.8 Å². The van der Waals surface area contributed by atoms with Crippen molar-refractivity contribution >= 4 is 17.6 Å². The van der Waals surface area contributed by atoms with Crippen molar-refractivity contribution in [1.29, 1.82) is 0 Å². The van der Waals surface area contributed by atoms with Gasteiger partial charge in [-0.05, 0) is 13.0 Å². The number of aromatic carboxylic acids is 1. The predicted molar refractivity (Wildman–Crippen MR) is 56.3 cm³/mol. The zero-order valence-corrected chi connectivity index (χ0v) is 9.38. The molecule has 0 atom stereocenters. The van der Waals surface area contributed by atoms with E-state index in [0.717, 1.165) is 0 Å². The quantitative estimate of drug-likeness (QED) is 0.866. The van der Waals surface area contributed by atoms with Gasteiger partial charge in [0.2, 0.25) is 0 Å². The minimum Gasteiger partial charge on any atom is -0.496 e. The Morgan fingerprint density at radius 3 is 2.40 bits per heavy atom. The second-order valence-electron chi connectivity index (χ2n) is 2.90. The number of hydrogen-bond donors (Lipinski definition) is 1. The number of carboxylic acids is 1. The Morgan fingerprint density at radius 1 is 1.40 bits per heavy atom. The van der Waals surface area contributed by atoms with E-state index in [2.05, 4.69) is 0 Å². The molecule has 1 N–H and O–H groups in total. The van der Waals surface area contributed by atoms with E-state index in [9.17, 15) is 4.79 Å². The van der Waals surface area contributed by atoms with Gasteiger partial charge in [0.05, 0.1) is 24.8 Å². The maximum atomic E-state index is 10.9. The van der Waals surface area contributed by atoms with Crippen molar-refractivity contribution in [2.24, 2.45) is 0 Å². The van der Waals surface area contributed by atoms with Crippen LogP contribution >= 0.6 is 11.6 Å². The molecule has 1 aromatic carbocycles. The second kappa shape index (κ2) is 4.40. The number of benzene rings is 1. The summed E-state index contributed by atoms with van der Waals surface area (Å²) in [5.74, 6) is -0.348. The van der Waals surface area contributed by atoms with Gasteiger partial charge in [-0.3, -0.25) is 0 Å². The van der Waals surface area contributed by atoms with E-state index >= 15 is 0 Å². The van der Waals surface area contributed by atoms with Crippen molar-refractivity contribution in [3.8, 4) is 11.5 Å². The average molecular weight is 231 g/mol. The molecule has 0 bridgehead atoms. The highest BCUT2D eigenvalue weighted by molar-refractivity contribution is 6.35. The lowest BCUT2D eigenvalue weighted by molar-refractivity contribution is 0.0696. The highest BCUT2D eigenvalue weighted by Gasteiger charge is 2.19. The van der Waals surface area contributed by atoms with E-state index in [1.807, 2.05) is 0 Å². The molecule has 15 heavy (non-hydrogen) atoms. The lowest BCUT2D eigenvalue weighted by Crippen LogP contribution is -2.02. The smallest absolute Gasteiger partial charge is 0.337 e. The molecule has 0 saturated carbocycles. The molecule has 4 nitrogen and oxygen atoms in total. The Bertz CT molecular complexity index is 401. The maximum Gasteiger partial charge on any atom is 0.337 e. The molecule has 0 fully saturated rings. The number of methoxy groups -OCH3 is 2. The average Bonchev–Trinajstić information content (AvgIpc) is 2.18. The molecular weight excluding hydrogens is 220 g/mol. The van der Waals surface area contributed by atoms with Gasteiger partial charge < -0.3 is 14.6 Å². The Kier molecular flexibility index (Phi) is 3.42. The third-order valence-corrected chi connectivity index (χ3v) is 2.45. The molecule has 0 aliphatic carbocycles. The summed E-state index contributed by atoms with van der Waals surface area (Å²) in [6.07, 6.45) is 0. The minimum atomic E-state index is -1.11. The third kappa shape index (κ3) is 1.99. The molecule has 0 aliphatic heterocycles. The van der Waals surface area contributed by atoms with Gasteiger partial charge in [0.25, 0.3) is 0 Å². The second-order valence-corrected chi connectivity index (χ2v) is 3.28. The molecule has 82 valence electrons. The van der Waals surface area contributed by atoms with Crippen LogP contribution in [0, 0.1) is 6.92 Å². The first-order valence-electron chi connectivity index (χ1n) is 4.17. The molecule has 0 radical (unpaired) electrons. The van der Waals surface area contributed by atoms with Crippen LogP contribution in [0.25, 0.3) is 0 Å². The molecule has 0 unspecified atom stereocenters. The van der Waals surface area contributed by atoms with Gasteiger partial charge in [0.15, 0.2) is 0 Å². The molecule has 0 heterocycles. The summed E-state index contributed by atoms with van der Waals surface area (Å²) in [6.45, 7) is 1.75. The van der Waals surface area contributed by atoms with Crippen molar-refractivity contribution in [1.82, 2.24) is 0 Å². The van der Waals surface area contributed by atoms with Crippen LogP contribution in [0.3, 0.4) is 0 Å². The van der Waals surface area contributed by atoms with Crippen molar-refractivity contribution in [2.45, 2.75) is 6.92 Å². The van der Waals surface area contributed by atoms with Gasteiger partial charge in [-0.1, -0.05) is 11.6 Å². The number of rotatable bonds is 3. The highest BCUT2D eigenvalue weighted by atomic mass is 35.5. The van der Waals surface area contributed by atoms with Crippen LogP contribution in [0.5, 0.6) is 11.5 Å². The largest absolute Gasteiger partial charge is 0.496 e. The number of carbonyl (C=O) groups is 1. The van der Waals surface area contributed by atoms with Crippen molar-refractivity contribution in [2.75, 3.05) is 14.2 Å². The first-order chi connectivity index (χ1) is 7.02. The number of halogens is 1. The molecule has 0 aliphatic rings. The molecule has 0 spiro atoms. The molecule has 0 amide bonds. The van der Waals surface area contributed by atoms with Crippen LogP contribution in [0.15, 0.2) is 6.07 Å². The number of carboxylic acid groups (broad SMARTS) is 1. The predicted octanol–water partition coefficient (Wildman–Crippen LogP) is 2.36. The van der Waals surface area contributed by atoms with E-state index in [-0.39, 0.29) is 10.6 Å². The fourth-order valence-electron chi connectivity index (χ4n) is 1.31.